The van der Waals surface area contributed by atoms with Crippen LogP contribution in [0.1, 0.15) is 41.9 Å². The van der Waals surface area contributed by atoms with Crippen LogP contribution in [0.2, 0.25) is 0 Å². The first-order chi connectivity index (χ1) is 18.3. The molecule has 11 nitrogen and oxygen atoms in total. The number of aliphatic imine (C=N–C) groups is 1. The molecular formula is C27H31N7O4. The molecule has 0 saturated carbocycles. The number of benzene rings is 2. The number of carbonyl (C=O) groups is 3. The fourth-order valence-corrected chi connectivity index (χ4v) is 4.41. The fourth-order valence-electron chi connectivity index (χ4n) is 4.41. The highest BCUT2D eigenvalue weighted by molar-refractivity contribution is 6.02. The van der Waals surface area contributed by atoms with E-state index in [9.17, 15) is 14.4 Å². The molecule has 1 aliphatic rings. The van der Waals surface area contributed by atoms with Crippen LogP contribution in [0.4, 0.5) is 0 Å². The van der Waals surface area contributed by atoms with Gasteiger partial charge in [0.2, 0.25) is 11.7 Å². The number of oxazole rings is 1. The molecule has 1 aromatic heterocycles. The zero-order chi connectivity index (χ0) is 27.1. The minimum atomic E-state index is -0.945. The van der Waals surface area contributed by atoms with Crippen molar-refractivity contribution in [3.63, 3.8) is 0 Å². The number of nitrogens with one attached hydrogen (secondary N) is 1. The van der Waals surface area contributed by atoms with Crippen LogP contribution < -0.4 is 22.5 Å². The number of nitrogens with two attached hydrogens (primary N) is 3. The van der Waals surface area contributed by atoms with Crippen molar-refractivity contribution in [2.75, 3.05) is 13.1 Å². The Morgan fingerprint density at radius 3 is 2.58 bits per heavy atom. The maximum Gasteiger partial charge on any atom is 0.270 e. The van der Waals surface area contributed by atoms with E-state index in [1.165, 1.54) is 4.90 Å². The quantitative estimate of drug-likeness (QED) is 0.103. The lowest BCUT2D eigenvalue weighted by molar-refractivity contribution is -0.136. The van der Waals surface area contributed by atoms with Gasteiger partial charge < -0.3 is 31.8 Å². The Morgan fingerprint density at radius 2 is 1.84 bits per heavy atom. The lowest BCUT2D eigenvalue weighted by Crippen LogP contribution is -2.51. The van der Waals surface area contributed by atoms with Gasteiger partial charge in [0.1, 0.15) is 11.6 Å². The Balaban J connectivity index is 1.50. The summed E-state index contributed by atoms with van der Waals surface area (Å²) in [5.41, 5.74) is 18.7. The summed E-state index contributed by atoms with van der Waals surface area (Å²) in [7, 11) is 0. The van der Waals surface area contributed by atoms with E-state index in [1.807, 2.05) is 30.3 Å². The first-order valence-corrected chi connectivity index (χ1v) is 12.4. The molecular weight excluding hydrogens is 486 g/mol. The molecule has 1 aliphatic heterocycles. The van der Waals surface area contributed by atoms with Crippen LogP contribution in [0.15, 0.2) is 69.7 Å². The summed E-state index contributed by atoms with van der Waals surface area (Å²) < 4.78 is 5.64. The number of ketones is 1. The second kappa shape index (κ2) is 12.0. The number of guanidine groups is 1. The zero-order valence-corrected chi connectivity index (χ0v) is 20.9. The van der Waals surface area contributed by atoms with Gasteiger partial charge in [0.25, 0.3) is 11.8 Å². The minimum Gasteiger partial charge on any atom is -0.434 e. The van der Waals surface area contributed by atoms with Crippen LogP contribution in [-0.2, 0) is 9.59 Å². The first kappa shape index (κ1) is 26.4. The number of likely N-dealkylation sites (tertiary alicyclic amines) is 1. The topological polar surface area (TPSA) is 183 Å². The summed E-state index contributed by atoms with van der Waals surface area (Å²) in [5, 5.41) is 2.81. The molecule has 0 unspecified atom stereocenters. The molecule has 2 amide bonds. The van der Waals surface area contributed by atoms with Crippen LogP contribution in [0.5, 0.6) is 0 Å². The summed E-state index contributed by atoms with van der Waals surface area (Å²) in [4.78, 5) is 49.5. The molecule has 0 radical (unpaired) electrons. The van der Waals surface area contributed by atoms with Gasteiger partial charge in [-0.2, -0.15) is 0 Å². The van der Waals surface area contributed by atoms with Gasteiger partial charge in [-0.05, 0) is 49.5 Å². The van der Waals surface area contributed by atoms with Crippen LogP contribution in [-0.4, -0.2) is 58.6 Å². The lowest BCUT2D eigenvalue weighted by atomic mass is 10.1. The number of carbonyl (C=O) groups excluding carboxylic acids is 3. The third-order valence-electron chi connectivity index (χ3n) is 6.27. The number of amides is 2. The molecule has 7 N–H and O–H groups in total. The predicted octanol–water partition coefficient (Wildman–Crippen LogP) is 1.54. The molecule has 11 heteroatoms. The molecule has 1 fully saturated rings. The summed E-state index contributed by atoms with van der Waals surface area (Å²) >= 11 is 0. The van der Waals surface area contributed by atoms with E-state index in [0.717, 1.165) is 5.56 Å². The number of hydrogen-bond donors (Lipinski definition) is 4. The van der Waals surface area contributed by atoms with Crippen LogP contribution in [0.3, 0.4) is 0 Å². The van der Waals surface area contributed by atoms with Crippen molar-refractivity contribution < 1.29 is 18.8 Å². The number of Topliss-reactive ketones (excluding diaryl/α,β-unsaturated/α-hetero) is 1. The Morgan fingerprint density at radius 1 is 1.11 bits per heavy atom. The van der Waals surface area contributed by atoms with Gasteiger partial charge in [0.15, 0.2) is 11.5 Å². The van der Waals surface area contributed by atoms with E-state index in [2.05, 4.69) is 15.3 Å². The SMILES string of the molecule is NC(N)=NCCC[C@H](NC(=O)[C@@H]1CCCN1C(=O)/C(N)=C\c1ccccc1)C(=O)c1nc2ccccc2o1. The zero-order valence-electron chi connectivity index (χ0n) is 20.9. The molecule has 2 atom stereocenters. The van der Waals surface area contributed by atoms with Crippen LogP contribution >= 0.6 is 0 Å². The Bertz CT molecular complexity index is 1330. The van der Waals surface area contributed by atoms with Crippen molar-refractivity contribution in [1.82, 2.24) is 15.2 Å². The summed E-state index contributed by atoms with van der Waals surface area (Å²) in [5.74, 6) is -1.51. The summed E-state index contributed by atoms with van der Waals surface area (Å²) in [6.45, 7) is 0.666. The number of para-hydroxylation sites is 2. The minimum absolute atomic E-state index is 0.0345. The van der Waals surface area contributed by atoms with Gasteiger partial charge in [-0.25, -0.2) is 4.98 Å². The highest BCUT2D eigenvalue weighted by Crippen LogP contribution is 2.21. The molecule has 0 spiro atoms. The molecule has 1 saturated heterocycles. The largest absolute Gasteiger partial charge is 0.434 e. The van der Waals surface area contributed by atoms with E-state index in [4.69, 9.17) is 21.6 Å². The molecule has 0 bridgehead atoms. The lowest BCUT2D eigenvalue weighted by Gasteiger charge is -2.26. The molecule has 2 aromatic carbocycles. The van der Waals surface area contributed by atoms with E-state index < -0.39 is 29.7 Å². The van der Waals surface area contributed by atoms with Gasteiger partial charge in [0, 0.05) is 13.1 Å². The third-order valence-corrected chi connectivity index (χ3v) is 6.27. The number of rotatable bonds is 10. The van der Waals surface area contributed by atoms with E-state index in [0.29, 0.717) is 36.9 Å². The van der Waals surface area contributed by atoms with Gasteiger partial charge in [-0.1, -0.05) is 42.5 Å². The Hall–Kier alpha value is -4.67. The molecule has 198 valence electrons. The smallest absolute Gasteiger partial charge is 0.270 e. The average Bonchev–Trinajstić information content (AvgIpc) is 3.57. The van der Waals surface area contributed by atoms with Crippen molar-refractivity contribution >= 4 is 40.7 Å². The van der Waals surface area contributed by atoms with Crippen molar-refractivity contribution in [3.8, 4) is 0 Å². The van der Waals surface area contributed by atoms with Crippen LogP contribution in [0, 0.1) is 0 Å². The molecule has 2 heterocycles. The van der Waals surface area contributed by atoms with Gasteiger partial charge in [0.05, 0.1) is 11.7 Å². The van der Waals surface area contributed by atoms with E-state index in [-0.39, 0.29) is 30.5 Å². The number of aromatic nitrogens is 1. The highest BCUT2D eigenvalue weighted by Gasteiger charge is 2.37. The van der Waals surface area contributed by atoms with Crippen molar-refractivity contribution in [2.45, 2.75) is 37.8 Å². The van der Waals surface area contributed by atoms with E-state index in [1.54, 1.807) is 30.3 Å². The van der Waals surface area contributed by atoms with Crippen molar-refractivity contribution in [2.24, 2.45) is 22.2 Å². The summed E-state index contributed by atoms with van der Waals surface area (Å²) in [6, 6.07) is 14.5. The number of nitrogens with zero attached hydrogens (tertiary/aromatic N) is 3. The number of fused-ring (bicyclic) bond motifs is 1. The monoisotopic (exact) mass is 517 g/mol. The maximum atomic E-state index is 13.4. The second-order valence-corrected chi connectivity index (χ2v) is 9.03. The molecule has 4 rings (SSSR count). The highest BCUT2D eigenvalue weighted by atomic mass is 16.4. The maximum absolute atomic E-state index is 13.4. The second-order valence-electron chi connectivity index (χ2n) is 9.03. The summed E-state index contributed by atoms with van der Waals surface area (Å²) in [6.07, 6.45) is 3.34. The van der Waals surface area contributed by atoms with Gasteiger partial charge in [-0.15, -0.1) is 0 Å². The van der Waals surface area contributed by atoms with Crippen LogP contribution in [0.25, 0.3) is 17.2 Å². The molecule has 3 aromatic rings. The van der Waals surface area contributed by atoms with Crippen molar-refractivity contribution in [3.05, 3.63) is 71.7 Å². The number of hydrogen-bond acceptors (Lipinski definition) is 7. The standard InChI is InChI=1S/C27H31N7O4/c28-18(16-17-8-2-1-3-9-17)26(37)34-15-7-12-21(34)24(36)32-20(11-6-14-31-27(29)30)23(35)25-33-19-10-4-5-13-22(19)38-25/h1-5,8-10,13,16,20-21H,6-7,11-12,14-15,28H2,(H,32,36)(H4,29,30,31)/b18-16+/t20-,21-/m0/s1. The first-order valence-electron chi connectivity index (χ1n) is 12.4. The van der Waals surface area contributed by atoms with E-state index >= 15 is 0 Å². The van der Waals surface area contributed by atoms with Crippen molar-refractivity contribution in [1.29, 1.82) is 0 Å². The van der Waals surface area contributed by atoms with Gasteiger partial charge in [-0.3, -0.25) is 19.4 Å². The predicted molar refractivity (Wildman–Crippen MR) is 144 cm³/mol. The van der Waals surface area contributed by atoms with Gasteiger partial charge >= 0.3 is 0 Å². The Kier molecular flexibility index (Phi) is 8.37. The average molecular weight is 518 g/mol. The normalized spacial score (nSPS) is 16.3. The Labute approximate surface area is 219 Å². The fraction of sp³-hybridized carbons (Fsp3) is 0.296. The third kappa shape index (κ3) is 6.36. The molecule has 0 aliphatic carbocycles. The molecule has 38 heavy (non-hydrogen) atoms.